The van der Waals surface area contributed by atoms with E-state index in [1.807, 2.05) is 18.2 Å². The molecule has 0 unspecified atom stereocenters. The molecule has 2 rings (SSSR count). The van der Waals surface area contributed by atoms with Crippen LogP contribution in [-0.2, 0) is 13.0 Å². The molecule has 3 N–H and O–H groups in total. The molecule has 0 radical (unpaired) electrons. The number of aromatic nitrogens is 2. The Hall–Kier alpha value is -1.33. The van der Waals surface area contributed by atoms with Crippen LogP contribution < -0.4 is 5.73 Å². The van der Waals surface area contributed by atoms with Crippen LogP contribution in [0.15, 0.2) is 34.9 Å². The Balaban J connectivity index is 2.12. The number of halogens is 1. The van der Waals surface area contributed by atoms with Gasteiger partial charge in [0.2, 0.25) is 0 Å². The summed E-state index contributed by atoms with van der Waals surface area (Å²) in [4.78, 5) is 0. The van der Waals surface area contributed by atoms with E-state index in [0.717, 1.165) is 22.0 Å². The topological polar surface area (TPSA) is 64.1 Å². The van der Waals surface area contributed by atoms with Gasteiger partial charge in [-0.05, 0) is 30.5 Å². The summed E-state index contributed by atoms with van der Waals surface area (Å²) in [5.74, 6) is 0.684. The molecule has 0 fully saturated rings. The first-order valence-electron chi connectivity index (χ1n) is 5.86. The molecule has 96 valence electrons. The van der Waals surface area contributed by atoms with Gasteiger partial charge in [-0.25, -0.2) is 4.68 Å². The molecule has 0 saturated carbocycles. The van der Waals surface area contributed by atoms with E-state index in [1.165, 1.54) is 0 Å². The summed E-state index contributed by atoms with van der Waals surface area (Å²) in [6.45, 7) is 0.834. The van der Waals surface area contributed by atoms with Gasteiger partial charge < -0.3 is 10.8 Å². The molecule has 0 aliphatic heterocycles. The predicted molar refractivity (Wildman–Crippen MR) is 75.3 cm³/mol. The van der Waals surface area contributed by atoms with Gasteiger partial charge in [-0.1, -0.05) is 28.1 Å². The van der Waals surface area contributed by atoms with Crippen LogP contribution in [0.5, 0.6) is 0 Å². The Bertz CT molecular complexity index is 525. The Kier molecular flexibility index (Phi) is 4.38. The number of nitrogens with zero attached hydrogens (tertiary/aromatic N) is 2. The third kappa shape index (κ3) is 3.11. The Morgan fingerprint density at radius 3 is 2.94 bits per heavy atom. The van der Waals surface area contributed by atoms with Crippen molar-refractivity contribution in [3.63, 3.8) is 0 Å². The van der Waals surface area contributed by atoms with Gasteiger partial charge in [0.1, 0.15) is 5.82 Å². The van der Waals surface area contributed by atoms with Crippen molar-refractivity contribution in [2.45, 2.75) is 19.4 Å². The number of aryl methyl sites for hydroxylation is 1. The molecule has 0 saturated heterocycles. The van der Waals surface area contributed by atoms with Crippen LogP contribution in [0.4, 0.5) is 5.82 Å². The van der Waals surface area contributed by atoms with E-state index >= 15 is 0 Å². The quantitative estimate of drug-likeness (QED) is 0.890. The molecule has 0 bridgehead atoms. The fourth-order valence-electron chi connectivity index (χ4n) is 1.83. The number of hydrogen-bond donors (Lipinski definition) is 2. The Labute approximate surface area is 115 Å². The summed E-state index contributed by atoms with van der Waals surface area (Å²) >= 11 is 3.44. The zero-order valence-electron chi connectivity index (χ0n) is 10.0. The number of benzene rings is 1. The van der Waals surface area contributed by atoms with Crippen molar-refractivity contribution < 1.29 is 5.11 Å². The van der Waals surface area contributed by atoms with E-state index < -0.39 is 0 Å². The van der Waals surface area contributed by atoms with Gasteiger partial charge in [-0.15, -0.1) is 0 Å². The Morgan fingerprint density at radius 1 is 1.39 bits per heavy atom. The standard InChI is InChI=1S/C13H16BrN3O/c14-12-5-1-3-10(7-12)9-17-13(15)11(8-16-17)4-2-6-18/h1,3,5,7-8,18H,2,4,6,9,15H2. The maximum Gasteiger partial charge on any atom is 0.125 e. The van der Waals surface area contributed by atoms with Gasteiger partial charge >= 0.3 is 0 Å². The minimum Gasteiger partial charge on any atom is -0.396 e. The molecule has 1 aromatic carbocycles. The molecule has 2 aromatic rings. The SMILES string of the molecule is Nc1c(CCCO)cnn1Cc1cccc(Br)c1. The molecule has 18 heavy (non-hydrogen) atoms. The molecule has 1 heterocycles. The molecular weight excluding hydrogens is 294 g/mol. The van der Waals surface area contributed by atoms with Crippen molar-refractivity contribution in [1.82, 2.24) is 9.78 Å². The number of nitrogens with two attached hydrogens (primary N) is 1. The maximum atomic E-state index is 8.82. The largest absolute Gasteiger partial charge is 0.396 e. The van der Waals surface area contributed by atoms with Crippen LogP contribution in [0.2, 0.25) is 0 Å². The minimum absolute atomic E-state index is 0.177. The zero-order valence-corrected chi connectivity index (χ0v) is 11.6. The van der Waals surface area contributed by atoms with Gasteiger partial charge in [0.15, 0.2) is 0 Å². The highest BCUT2D eigenvalue weighted by molar-refractivity contribution is 9.10. The molecule has 4 nitrogen and oxygen atoms in total. The average molecular weight is 310 g/mol. The van der Waals surface area contributed by atoms with Crippen LogP contribution in [0, 0.1) is 0 Å². The van der Waals surface area contributed by atoms with E-state index in [2.05, 4.69) is 27.1 Å². The smallest absolute Gasteiger partial charge is 0.125 e. The first-order chi connectivity index (χ1) is 8.70. The van der Waals surface area contributed by atoms with Crippen molar-refractivity contribution in [3.05, 3.63) is 46.1 Å². The molecule has 0 amide bonds. The van der Waals surface area contributed by atoms with Crippen LogP contribution >= 0.6 is 15.9 Å². The summed E-state index contributed by atoms with van der Waals surface area (Å²) in [5.41, 5.74) is 8.18. The highest BCUT2D eigenvalue weighted by atomic mass is 79.9. The Morgan fingerprint density at radius 2 is 2.22 bits per heavy atom. The van der Waals surface area contributed by atoms with E-state index in [-0.39, 0.29) is 6.61 Å². The third-order valence-electron chi connectivity index (χ3n) is 2.79. The fourth-order valence-corrected chi connectivity index (χ4v) is 2.28. The van der Waals surface area contributed by atoms with Gasteiger partial charge in [0, 0.05) is 16.6 Å². The van der Waals surface area contributed by atoms with E-state index in [9.17, 15) is 0 Å². The summed E-state index contributed by atoms with van der Waals surface area (Å²) < 4.78 is 2.83. The molecule has 1 aromatic heterocycles. The van der Waals surface area contributed by atoms with Crippen LogP contribution in [0.25, 0.3) is 0 Å². The number of rotatable bonds is 5. The predicted octanol–water partition coefficient (Wildman–Crippen LogP) is 2.20. The lowest BCUT2D eigenvalue weighted by atomic mass is 10.2. The maximum absolute atomic E-state index is 8.82. The van der Waals surface area contributed by atoms with Crippen LogP contribution in [-0.4, -0.2) is 21.5 Å². The lowest BCUT2D eigenvalue weighted by Crippen LogP contribution is -2.07. The molecule has 0 spiro atoms. The first-order valence-corrected chi connectivity index (χ1v) is 6.65. The number of aliphatic hydroxyl groups is 1. The average Bonchev–Trinajstić information content (AvgIpc) is 2.69. The van der Waals surface area contributed by atoms with Crippen LogP contribution in [0.1, 0.15) is 17.5 Å². The zero-order chi connectivity index (χ0) is 13.0. The van der Waals surface area contributed by atoms with E-state index in [0.29, 0.717) is 18.8 Å². The number of aliphatic hydroxyl groups excluding tert-OH is 1. The minimum atomic E-state index is 0.177. The summed E-state index contributed by atoms with van der Waals surface area (Å²) in [6, 6.07) is 8.07. The first kappa shape index (κ1) is 13.1. The monoisotopic (exact) mass is 309 g/mol. The van der Waals surface area contributed by atoms with Crippen molar-refractivity contribution in [2.75, 3.05) is 12.3 Å². The number of nitrogen functional groups attached to an aromatic ring is 1. The summed E-state index contributed by atoms with van der Waals surface area (Å²) in [6.07, 6.45) is 3.26. The second kappa shape index (κ2) is 6.02. The molecule has 5 heteroatoms. The van der Waals surface area contributed by atoms with Crippen LogP contribution in [0.3, 0.4) is 0 Å². The lowest BCUT2D eigenvalue weighted by Gasteiger charge is -2.06. The van der Waals surface area contributed by atoms with Gasteiger partial charge in [-0.2, -0.15) is 5.10 Å². The van der Waals surface area contributed by atoms with E-state index in [1.54, 1.807) is 10.9 Å². The number of anilines is 1. The van der Waals surface area contributed by atoms with Crippen molar-refractivity contribution in [3.8, 4) is 0 Å². The summed E-state index contributed by atoms with van der Waals surface area (Å²) in [7, 11) is 0. The molecule has 0 aliphatic carbocycles. The molecule has 0 atom stereocenters. The molecule has 0 aliphatic rings. The second-order valence-electron chi connectivity index (χ2n) is 4.17. The van der Waals surface area contributed by atoms with Crippen molar-refractivity contribution in [1.29, 1.82) is 0 Å². The highest BCUT2D eigenvalue weighted by Gasteiger charge is 2.07. The normalized spacial score (nSPS) is 10.8. The summed E-state index contributed by atoms with van der Waals surface area (Å²) in [5, 5.41) is 13.1. The highest BCUT2D eigenvalue weighted by Crippen LogP contribution is 2.17. The second-order valence-corrected chi connectivity index (χ2v) is 5.09. The van der Waals surface area contributed by atoms with E-state index in [4.69, 9.17) is 10.8 Å². The lowest BCUT2D eigenvalue weighted by molar-refractivity contribution is 0.288. The third-order valence-corrected chi connectivity index (χ3v) is 3.28. The fraction of sp³-hybridized carbons (Fsp3) is 0.308. The van der Waals surface area contributed by atoms with Gasteiger partial charge in [-0.3, -0.25) is 0 Å². The van der Waals surface area contributed by atoms with Crippen molar-refractivity contribution in [2.24, 2.45) is 0 Å². The van der Waals surface area contributed by atoms with Gasteiger partial charge in [0.05, 0.1) is 12.7 Å². The van der Waals surface area contributed by atoms with Crippen molar-refractivity contribution >= 4 is 21.7 Å². The van der Waals surface area contributed by atoms with Gasteiger partial charge in [0.25, 0.3) is 0 Å². The molecular formula is C13H16BrN3O. The number of hydrogen-bond acceptors (Lipinski definition) is 3.